The number of nitrogens with two attached hydrogens (primary N) is 1. The van der Waals surface area contributed by atoms with Crippen molar-refractivity contribution in [3.05, 3.63) is 23.8 Å². The third-order valence-corrected chi connectivity index (χ3v) is 4.81. The molecule has 0 amide bonds. The molecule has 3 heteroatoms. The molecule has 0 aliphatic heterocycles. The van der Waals surface area contributed by atoms with Gasteiger partial charge in [0.2, 0.25) is 0 Å². The fourth-order valence-electron chi connectivity index (χ4n) is 3.33. The van der Waals surface area contributed by atoms with Gasteiger partial charge in [0, 0.05) is 11.8 Å². The highest BCUT2D eigenvalue weighted by molar-refractivity contribution is 5.85. The molecule has 0 aromatic heterocycles. The Morgan fingerprint density at radius 2 is 1.87 bits per heavy atom. The monoisotopic (exact) mass is 339 g/mol. The van der Waals surface area contributed by atoms with E-state index in [1.165, 1.54) is 56.9 Å². The second-order valence-corrected chi connectivity index (χ2v) is 7.32. The SMILES string of the molecule is CC(C)CCCCc1ccc(OCC2CCCCC2)cc1N.Cl. The Labute approximate surface area is 148 Å². The summed E-state index contributed by atoms with van der Waals surface area (Å²) < 4.78 is 5.96. The van der Waals surface area contributed by atoms with Crippen LogP contribution in [0.15, 0.2) is 18.2 Å². The molecule has 132 valence electrons. The number of benzene rings is 1. The van der Waals surface area contributed by atoms with Crippen LogP contribution in [0.3, 0.4) is 0 Å². The van der Waals surface area contributed by atoms with Crippen LogP contribution in [0.25, 0.3) is 0 Å². The Kier molecular flexibility index (Phi) is 9.47. The minimum absolute atomic E-state index is 0. The molecule has 1 saturated carbocycles. The zero-order valence-corrected chi connectivity index (χ0v) is 15.7. The maximum Gasteiger partial charge on any atom is 0.121 e. The summed E-state index contributed by atoms with van der Waals surface area (Å²) in [6.45, 7) is 5.42. The van der Waals surface area contributed by atoms with Crippen molar-refractivity contribution >= 4 is 18.1 Å². The normalized spacial score (nSPS) is 15.4. The van der Waals surface area contributed by atoms with Gasteiger partial charge in [-0.25, -0.2) is 0 Å². The molecule has 1 aliphatic rings. The third kappa shape index (κ3) is 7.48. The summed E-state index contributed by atoms with van der Waals surface area (Å²) in [7, 11) is 0. The quantitative estimate of drug-likeness (QED) is 0.464. The average molecular weight is 340 g/mol. The lowest BCUT2D eigenvalue weighted by Gasteiger charge is -2.21. The molecule has 0 bridgehead atoms. The second-order valence-electron chi connectivity index (χ2n) is 7.32. The fraction of sp³-hybridized carbons (Fsp3) is 0.700. The maximum absolute atomic E-state index is 6.19. The molecule has 1 aromatic carbocycles. The van der Waals surface area contributed by atoms with Crippen LogP contribution in [-0.2, 0) is 6.42 Å². The smallest absolute Gasteiger partial charge is 0.121 e. The zero-order valence-electron chi connectivity index (χ0n) is 14.9. The van der Waals surface area contributed by atoms with Crippen molar-refractivity contribution in [1.29, 1.82) is 0 Å². The summed E-state index contributed by atoms with van der Waals surface area (Å²) in [5.41, 5.74) is 8.36. The molecule has 1 aromatic rings. The van der Waals surface area contributed by atoms with Gasteiger partial charge in [-0.2, -0.15) is 0 Å². The number of ether oxygens (including phenoxy) is 1. The number of nitrogen functional groups attached to an aromatic ring is 1. The van der Waals surface area contributed by atoms with E-state index in [2.05, 4.69) is 26.0 Å². The van der Waals surface area contributed by atoms with Crippen LogP contribution in [0.2, 0.25) is 0 Å². The molecule has 2 nitrogen and oxygen atoms in total. The van der Waals surface area contributed by atoms with E-state index in [0.717, 1.165) is 36.3 Å². The van der Waals surface area contributed by atoms with E-state index in [0.29, 0.717) is 0 Å². The number of hydrogen-bond donors (Lipinski definition) is 1. The summed E-state index contributed by atoms with van der Waals surface area (Å²) in [5.74, 6) is 2.48. The number of rotatable bonds is 8. The summed E-state index contributed by atoms with van der Waals surface area (Å²) >= 11 is 0. The molecule has 2 rings (SSSR count). The molecule has 0 spiro atoms. The number of hydrogen-bond acceptors (Lipinski definition) is 2. The molecule has 23 heavy (non-hydrogen) atoms. The van der Waals surface area contributed by atoms with Gasteiger partial charge in [0.25, 0.3) is 0 Å². The van der Waals surface area contributed by atoms with E-state index in [-0.39, 0.29) is 12.4 Å². The van der Waals surface area contributed by atoms with Gasteiger partial charge in [-0.1, -0.05) is 52.0 Å². The Bertz CT molecular complexity index is 441. The standard InChI is InChI=1S/C20H33NO.ClH/c1-16(2)8-6-7-11-18-12-13-19(14-20(18)21)22-15-17-9-4-3-5-10-17;/h12-14,16-17H,3-11,15,21H2,1-2H3;1H. The van der Waals surface area contributed by atoms with E-state index >= 15 is 0 Å². The van der Waals surface area contributed by atoms with Crippen LogP contribution in [0.4, 0.5) is 5.69 Å². The molecule has 0 radical (unpaired) electrons. The molecule has 0 atom stereocenters. The molecular weight excluding hydrogens is 306 g/mol. The molecule has 0 saturated heterocycles. The molecule has 1 aliphatic carbocycles. The summed E-state index contributed by atoms with van der Waals surface area (Å²) in [5, 5.41) is 0. The van der Waals surface area contributed by atoms with Gasteiger partial charge in [-0.3, -0.25) is 0 Å². The lowest BCUT2D eigenvalue weighted by Crippen LogP contribution is -2.15. The van der Waals surface area contributed by atoms with Crippen molar-refractivity contribution in [1.82, 2.24) is 0 Å². The van der Waals surface area contributed by atoms with Crippen LogP contribution < -0.4 is 10.5 Å². The van der Waals surface area contributed by atoms with Crippen molar-refractivity contribution in [2.75, 3.05) is 12.3 Å². The highest BCUT2D eigenvalue weighted by Crippen LogP contribution is 2.26. The molecule has 2 N–H and O–H groups in total. The van der Waals surface area contributed by atoms with E-state index in [1.54, 1.807) is 0 Å². The van der Waals surface area contributed by atoms with Crippen molar-refractivity contribution in [2.24, 2.45) is 11.8 Å². The van der Waals surface area contributed by atoms with Crippen LogP contribution in [-0.4, -0.2) is 6.61 Å². The van der Waals surface area contributed by atoms with Gasteiger partial charge in [-0.05, 0) is 49.1 Å². The van der Waals surface area contributed by atoms with Crippen molar-refractivity contribution < 1.29 is 4.74 Å². The largest absolute Gasteiger partial charge is 0.493 e. The second kappa shape index (κ2) is 10.8. The van der Waals surface area contributed by atoms with Crippen LogP contribution in [0, 0.1) is 11.8 Å². The Hall–Kier alpha value is -0.890. The number of aryl methyl sites for hydroxylation is 1. The predicted molar refractivity (Wildman–Crippen MR) is 103 cm³/mol. The Morgan fingerprint density at radius 1 is 1.13 bits per heavy atom. The zero-order chi connectivity index (χ0) is 15.8. The van der Waals surface area contributed by atoms with Crippen LogP contribution in [0.5, 0.6) is 5.75 Å². The maximum atomic E-state index is 6.19. The van der Waals surface area contributed by atoms with Gasteiger partial charge < -0.3 is 10.5 Å². The fourth-order valence-corrected chi connectivity index (χ4v) is 3.33. The molecule has 0 heterocycles. The molecular formula is C20H34ClNO. The van der Waals surface area contributed by atoms with Gasteiger partial charge in [-0.15, -0.1) is 12.4 Å². The summed E-state index contributed by atoms with van der Waals surface area (Å²) in [6, 6.07) is 6.26. The van der Waals surface area contributed by atoms with E-state index in [1.807, 2.05) is 6.07 Å². The predicted octanol–water partition coefficient (Wildman–Crippen LogP) is 6.02. The van der Waals surface area contributed by atoms with Crippen LogP contribution in [0.1, 0.15) is 70.8 Å². The Balaban J connectivity index is 0.00000264. The van der Waals surface area contributed by atoms with Crippen molar-refractivity contribution in [3.8, 4) is 5.75 Å². The topological polar surface area (TPSA) is 35.2 Å². The van der Waals surface area contributed by atoms with Gasteiger partial charge in [0.1, 0.15) is 5.75 Å². The minimum atomic E-state index is 0. The average Bonchev–Trinajstić information content (AvgIpc) is 2.52. The third-order valence-electron chi connectivity index (χ3n) is 4.81. The van der Waals surface area contributed by atoms with Gasteiger partial charge in [0.15, 0.2) is 0 Å². The first-order chi connectivity index (χ1) is 10.6. The number of anilines is 1. The van der Waals surface area contributed by atoms with Gasteiger partial charge in [0.05, 0.1) is 6.61 Å². The van der Waals surface area contributed by atoms with E-state index < -0.39 is 0 Å². The highest BCUT2D eigenvalue weighted by atomic mass is 35.5. The van der Waals surface area contributed by atoms with E-state index in [4.69, 9.17) is 10.5 Å². The molecule has 0 unspecified atom stereocenters. The Morgan fingerprint density at radius 3 is 2.52 bits per heavy atom. The minimum Gasteiger partial charge on any atom is -0.493 e. The van der Waals surface area contributed by atoms with Crippen LogP contribution >= 0.6 is 12.4 Å². The first kappa shape index (κ1) is 20.2. The van der Waals surface area contributed by atoms with E-state index in [9.17, 15) is 0 Å². The lowest BCUT2D eigenvalue weighted by molar-refractivity contribution is 0.209. The summed E-state index contributed by atoms with van der Waals surface area (Å²) in [6.07, 6.45) is 11.7. The number of unbranched alkanes of at least 4 members (excludes halogenated alkanes) is 1. The number of halogens is 1. The summed E-state index contributed by atoms with van der Waals surface area (Å²) in [4.78, 5) is 0. The van der Waals surface area contributed by atoms with Crippen molar-refractivity contribution in [3.63, 3.8) is 0 Å². The van der Waals surface area contributed by atoms with Gasteiger partial charge >= 0.3 is 0 Å². The molecule has 1 fully saturated rings. The lowest BCUT2D eigenvalue weighted by atomic mass is 9.90. The first-order valence-corrected chi connectivity index (χ1v) is 9.16. The first-order valence-electron chi connectivity index (χ1n) is 9.16. The highest BCUT2D eigenvalue weighted by Gasteiger charge is 2.14. The van der Waals surface area contributed by atoms with Crippen molar-refractivity contribution in [2.45, 2.75) is 71.6 Å².